The van der Waals surface area contributed by atoms with Crippen LogP contribution in [0.15, 0.2) is 24.3 Å². The number of halogens is 2. The van der Waals surface area contributed by atoms with Crippen LogP contribution in [-0.4, -0.2) is 17.7 Å². The molecule has 0 spiro atoms. The highest BCUT2D eigenvalue weighted by molar-refractivity contribution is 5.75. The van der Waals surface area contributed by atoms with E-state index in [1.165, 1.54) is 12.1 Å². The minimum atomic E-state index is -2.83. The summed E-state index contributed by atoms with van der Waals surface area (Å²) in [6.45, 7) is -2.83. The summed E-state index contributed by atoms with van der Waals surface area (Å²) < 4.78 is 27.9. The van der Waals surface area contributed by atoms with E-state index in [0.29, 0.717) is 6.42 Å². The van der Waals surface area contributed by atoms with Crippen LogP contribution in [0.3, 0.4) is 0 Å². The second-order valence-electron chi connectivity index (χ2n) is 3.73. The Kier molecular flexibility index (Phi) is 2.77. The zero-order valence-corrected chi connectivity index (χ0v) is 8.27. The molecule has 86 valence electrons. The van der Waals surface area contributed by atoms with E-state index in [-0.39, 0.29) is 17.6 Å². The Bertz CT molecular complexity index is 389. The third-order valence-electron chi connectivity index (χ3n) is 2.64. The first-order chi connectivity index (χ1) is 7.58. The van der Waals surface area contributed by atoms with Crippen LogP contribution in [0.5, 0.6) is 5.75 Å². The molecule has 0 heterocycles. The first-order valence-electron chi connectivity index (χ1n) is 4.85. The van der Waals surface area contributed by atoms with Crippen molar-refractivity contribution >= 4 is 5.97 Å². The Morgan fingerprint density at radius 2 is 2.00 bits per heavy atom. The van der Waals surface area contributed by atoms with E-state index in [1.807, 2.05) is 0 Å². The Labute approximate surface area is 90.7 Å². The Morgan fingerprint density at radius 3 is 2.44 bits per heavy atom. The van der Waals surface area contributed by atoms with Gasteiger partial charge in [0.2, 0.25) is 0 Å². The summed E-state index contributed by atoms with van der Waals surface area (Å²) >= 11 is 0. The first-order valence-corrected chi connectivity index (χ1v) is 4.85. The molecule has 2 rings (SSSR count). The number of carboxylic acid groups (broad SMARTS) is 1. The number of rotatable bonds is 4. The van der Waals surface area contributed by atoms with Gasteiger partial charge in [-0.15, -0.1) is 0 Å². The molecule has 5 heteroatoms. The van der Waals surface area contributed by atoms with Crippen molar-refractivity contribution in [2.45, 2.75) is 19.0 Å². The average Bonchev–Trinajstić information content (AvgIpc) is 2.97. The molecular formula is C11H10F2O3. The van der Waals surface area contributed by atoms with Crippen LogP contribution >= 0.6 is 0 Å². The SMILES string of the molecule is O=C(O)C1CC1c1ccc(OC(F)F)cc1. The highest BCUT2D eigenvalue weighted by Gasteiger charge is 2.44. The summed E-state index contributed by atoms with van der Waals surface area (Å²) in [5.41, 5.74) is 0.856. The Hall–Kier alpha value is -1.65. The third-order valence-corrected chi connectivity index (χ3v) is 2.64. The molecule has 3 nitrogen and oxygen atoms in total. The summed E-state index contributed by atoms with van der Waals surface area (Å²) in [4.78, 5) is 10.6. The predicted octanol–water partition coefficient (Wildman–Crippen LogP) is 2.48. The summed E-state index contributed by atoms with van der Waals surface area (Å²) in [5, 5.41) is 8.73. The van der Waals surface area contributed by atoms with Crippen LogP contribution in [0.2, 0.25) is 0 Å². The fourth-order valence-electron chi connectivity index (χ4n) is 1.73. The van der Waals surface area contributed by atoms with Crippen LogP contribution in [0.4, 0.5) is 8.78 Å². The van der Waals surface area contributed by atoms with E-state index in [9.17, 15) is 13.6 Å². The van der Waals surface area contributed by atoms with Gasteiger partial charge >= 0.3 is 12.6 Å². The molecule has 1 aliphatic rings. The van der Waals surface area contributed by atoms with Gasteiger partial charge in [0, 0.05) is 0 Å². The van der Waals surface area contributed by atoms with Crippen LogP contribution in [0.1, 0.15) is 17.9 Å². The maximum atomic E-state index is 11.9. The lowest BCUT2D eigenvalue weighted by atomic mass is 10.1. The second-order valence-corrected chi connectivity index (χ2v) is 3.73. The lowest BCUT2D eigenvalue weighted by molar-refractivity contribution is -0.138. The lowest BCUT2D eigenvalue weighted by Gasteiger charge is -2.05. The highest BCUT2D eigenvalue weighted by atomic mass is 19.3. The van der Waals surface area contributed by atoms with Crippen molar-refractivity contribution in [3.05, 3.63) is 29.8 Å². The number of carboxylic acids is 1. The van der Waals surface area contributed by atoms with E-state index in [2.05, 4.69) is 4.74 Å². The van der Waals surface area contributed by atoms with Crippen molar-refractivity contribution in [2.24, 2.45) is 5.92 Å². The highest BCUT2D eigenvalue weighted by Crippen LogP contribution is 2.47. The Morgan fingerprint density at radius 1 is 1.38 bits per heavy atom. The van der Waals surface area contributed by atoms with Crippen LogP contribution in [0, 0.1) is 5.92 Å². The molecule has 2 unspecified atom stereocenters. The summed E-state index contributed by atoms with van der Waals surface area (Å²) in [6, 6.07) is 6.12. The monoisotopic (exact) mass is 228 g/mol. The minimum Gasteiger partial charge on any atom is -0.481 e. The van der Waals surface area contributed by atoms with Gasteiger partial charge in [0.15, 0.2) is 0 Å². The molecule has 2 atom stereocenters. The van der Waals surface area contributed by atoms with Gasteiger partial charge in [-0.25, -0.2) is 0 Å². The number of hydrogen-bond acceptors (Lipinski definition) is 2. The van der Waals surface area contributed by atoms with Gasteiger partial charge in [0.25, 0.3) is 0 Å². The normalized spacial score (nSPS) is 23.2. The summed E-state index contributed by atoms with van der Waals surface area (Å²) in [5.74, 6) is -1.04. The van der Waals surface area contributed by atoms with Crippen molar-refractivity contribution in [3.63, 3.8) is 0 Å². The van der Waals surface area contributed by atoms with E-state index < -0.39 is 12.6 Å². The molecule has 1 N–H and O–H groups in total. The molecule has 1 aromatic rings. The number of carbonyl (C=O) groups is 1. The van der Waals surface area contributed by atoms with Gasteiger partial charge in [-0.05, 0) is 30.0 Å². The number of ether oxygens (including phenoxy) is 1. The van der Waals surface area contributed by atoms with E-state index in [4.69, 9.17) is 5.11 Å². The largest absolute Gasteiger partial charge is 0.481 e. The first kappa shape index (κ1) is 10.9. The molecule has 1 saturated carbocycles. The van der Waals surface area contributed by atoms with Gasteiger partial charge < -0.3 is 9.84 Å². The van der Waals surface area contributed by atoms with Crippen molar-refractivity contribution in [3.8, 4) is 5.75 Å². The summed E-state index contributed by atoms with van der Waals surface area (Å²) in [7, 11) is 0. The zero-order valence-electron chi connectivity index (χ0n) is 8.27. The molecular weight excluding hydrogens is 218 g/mol. The number of hydrogen-bond donors (Lipinski definition) is 1. The van der Waals surface area contributed by atoms with E-state index in [1.54, 1.807) is 12.1 Å². The number of aliphatic carboxylic acids is 1. The Balaban J connectivity index is 2.01. The second kappa shape index (κ2) is 4.08. The number of benzene rings is 1. The molecule has 16 heavy (non-hydrogen) atoms. The van der Waals surface area contributed by atoms with E-state index in [0.717, 1.165) is 5.56 Å². The average molecular weight is 228 g/mol. The molecule has 0 radical (unpaired) electrons. The van der Waals surface area contributed by atoms with Crippen LogP contribution < -0.4 is 4.74 Å². The molecule has 0 aliphatic heterocycles. The third kappa shape index (κ3) is 2.29. The van der Waals surface area contributed by atoms with Gasteiger partial charge in [0.1, 0.15) is 5.75 Å². The van der Waals surface area contributed by atoms with Crippen molar-refractivity contribution in [2.75, 3.05) is 0 Å². The van der Waals surface area contributed by atoms with Crippen LogP contribution in [0.25, 0.3) is 0 Å². The van der Waals surface area contributed by atoms with Gasteiger partial charge in [-0.3, -0.25) is 4.79 Å². The maximum Gasteiger partial charge on any atom is 0.387 e. The van der Waals surface area contributed by atoms with Crippen LogP contribution in [-0.2, 0) is 4.79 Å². The van der Waals surface area contributed by atoms with Crippen molar-refractivity contribution in [1.82, 2.24) is 0 Å². The minimum absolute atomic E-state index is 0.0121. The van der Waals surface area contributed by atoms with Crippen molar-refractivity contribution in [1.29, 1.82) is 0 Å². The fourth-order valence-corrected chi connectivity index (χ4v) is 1.73. The topological polar surface area (TPSA) is 46.5 Å². The van der Waals surface area contributed by atoms with E-state index >= 15 is 0 Å². The molecule has 0 saturated heterocycles. The molecule has 1 fully saturated rings. The molecule has 0 amide bonds. The zero-order chi connectivity index (χ0) is 11.7. The van der Waals surface area contributed by atoms with Gasteiger partial charge in [-0.2, -0.15) is 8.78 Å². The molecule has 0 aromatic heterocycles. The van der Waals surface area contributed by atoms with Crippen molar-refractivity contribution < 1.29 is 23.4 Å². The smallest absolute Gasteiger partial charge is 0.387 e. The van der Waals surface area contributed by atoms with Gasteiger partial charge in [0.05, 0.1) is 5.92 Å². The summed E-state index contributed by atoms with van der Waals surface area (Å²) in [6.07, 6.45) is 0.615. The maximum absolute atomic E-state index is 11.9. The fraction of sp³-hybridized carbons (Fsp3) is 0.364. The lowest BCUT2D eigenvalue weighted by Crippen LogP contribution is -2.02. The standard InChI is InChI=1S/C11H10F2O3/c12-11(13)16-7-3-1-6(2-4-7)8-5-9(8)10(14)15/h1-4,8-9,11H,5H2,(H,14,15). The molecule has 1 aliphatic carbocycles. The molecule has 1 aromatic carbocycles. The van der Waals surface area contributed by atoms with Gasteiger partial charge in [-0.1, -0.05) is 12.1 Å². The predicted molar refractivity (Wildman–Crippen MR) is 51.6 cm³/mol. The number of alkyl halides is 2. The quantitative estimate of drug-likeness (QED) is 0.861. The molecule has 0 bridgehead atoms.